The number of carbonyl (C=O) groups excluding carboxylic acids is 2. The van der Waals surface area contributed by atoms with Gasteiger partial charge in [-0.15, -0.1) is 0 Å². The van der Waals surface area contributed by atoms with Gasteiger partial charge in [0.15, 0.2) is 0 Å². The number of ether oxygens (including phenoxy) is 2. The van der Waals surface area contributed by atoms with Crippen LogP contribution in [0.15, 0.2) is 12.1 Å². The summed E-state index contributed by atoms with van der Waals surface area (Å²) >= 11 is 12.1. The zero-order valence-electron chi connectivity index (χ0n) is 14.0. The molecule has 0 heterocycles. The zero-order valence-corrected chi connectivity index (χ0v) is 15.5. The van der Waals surface area contributed by atoms with E-state index in [9.17, 15) is 9.59 Å². The fraction of sp³-hybridized carbons (Fsp3) is 0.556. The van der Waals surface area contributed by atoms with Crippen LogP contribution in [-0.2, 0) is 25.5 Å². The van der Waals surface area contributed by atoms with E-state index in [4.69, 9.17) is 32.7 Å². The van der Waals surface area contributed by atoms with Gasteiger partial charge < -0.3 is 9.47 Å². The van der Waals surface area contributed by atoms with Gasteiger partial charge in [0.25, 0.3) is 0 Å². The number of halogens is 2. The Labute approximate surface area is 152 Å². The first-order chi connectivity index (χ1) is 11.4. The van der Waals surface area contributed by atoms with Crippen LogP contribution >= 0.6 is 23.2 Å². The highest BCUT2D eigenvalue weighted by atomic mass is 35.5. The summed E-state index contributed by atoms with van der Waals surface area (Å²) in [6.07, 6.45) is 3.72. The van der Waals surface area contributed by atoms with Gasteiger partial charge in [0.2, 0.25) is 5.60 Å². The molecule has 0 atom stereocenters. The van der Waals surface area contributed by atoms with E-state index in [1.807, 2.05) is 6.92 Å². The van der Waals surface area contributed by atoms with Gasteiger partial charge in [0, 0.05) is 10.0 Å². The number of benzene rings is 1. The molecule has 0 N–H and O–H groups in total. The molecule has 1 aliphatic carbocycles. The molecule has 1 aromatic carbocycles. The number of esters is 2. The number of hydrogen-bond acceptors (Lipinski definition) is 4. The molecular formula is C18H22Cl2O4. The van der Waals surface area contributed by atoms with Crippen LogP contribution < -0.4 is 0 Å². The second kappa shape index (κ2) is 8.21. The highest BCUT2D eigenvalue weighted by Crippen LogP contribution is 2.34. The smallest absolute Gasteiger partial charge is 0.350 e. The molecule has 132 valence electrons. The largest absolute Gasteiger partial charge is 0.463 e. The van der Waals surface area contributed by atoms with Crippen LogP contribution in [0.5, 0.6) is 0 Å². The predicted molar refractivity (Wildman–Crippen MR) is 93.4 cm³/mol. The third-order valence-electron chi connectivity index (χ3n) is 4.32. The monoisotopic (exact) mass is 372 g/mol. The molecule has 1 fully saturated rings. The molecule has 1 aliphatic rings. The minimum Gasteiger partial charge on any atom is -0.463 e. The van der Waals surface area contributed by atoms with E-state index in [1.54, 1.807) is 19.1 Å². The number of carbonyl (C=O) groups is 2. The third kappa shape index (κ3) is 4.42. The van der Waals surface area contributed by atoms with Crippen molar-refractivity contribution in [3.63, 3.8) is 0 Å². The Balaban J connectivity index is 2.15. The molecule has 0 aliphatic heterocycles. The molecular weight excluding hydrogens is 351 g/mol. The second-order valence-corrected chi connectivity index (χ2v) is 6.95. The van der Waals surface area contributed by atoms with Gasteiger partial charge in [-0.1, -0.05) is 29.6 Å². The van der Waals surface area contributed by atoms with Gasteiger partial charge in [-0.2, -0.15) is 0 Å². The van der Waals surface area contributed by atoms with Crippen LogP contribution in [0.1, 0.15) is 50.2 Å². The Hall–Kier alpha value is -1.26. The Morgan fingerprint density at radius 3 is 2.42 bits per heavy atom. The van der Waals surface area contributed by atoms with E-state index in [-0.39, 0.29) is 13.0 Å². The average molecular weight is 373 g/mol. The number of hydrogen-bond donors (Lipinski definition) is 0. The van der Waals surface area contributed by atoms with Crippen molar-refractivity contribution in [1.82, 2.24) is 0 Å². The predicted octanol–water partition coefficient (Wildman–Crippen LogP) is 4.65. The van der Waals surface area contributed by atoms with Gasteiger partial charge in [-0.05, 0) is 62.8 Å². The molecule has 0 saturated heterocycles. The maximum absolute atomic E-state index is 12.5. The molecule has 0 bridgehead atoms. The summed E-state index contributed by atoms with van der Waals surface area (Å²) in [7, 11) is 0. The van der Waals surface area contributed by atoms with Crippen molar-refractivity contribution in [2.75, 3.05) is 6.61 Å². The quantitative estimate of drug-likeness (QED) is 0.705. The summed E-state index contributed by atoms with van der Waals surface area (Å²) in [5, 5.41) is 0.940. The Kier molecular flexibility index (Phi) is 6.53. The Morgan fingerprint density at radius 1 is 1.17 bits per heavy atom. The fourth-order valence-electron chi connectivity index (χ4n) is 3.09. The van der Waals surface area contributed by atoms with Crippen molar-refractivity contribution in [3.8, 4) is 0 Å². The third-order valence-corrected chi connectivity index (χ3v) is 4.88. The summed E-state index contributed by atoms with van der Waals surface area (Å²) in [5.41, 5.74) is 0.331. The first-order valence-electron chi connectivity index (χ1n) is 8.21. The van der Waals surface area contributed by atoms with Crippen LogP contribution in [0.25, 0.3) is 0 Å². The van der Waals surface area contributed by atoms with Crippen LogP contribution in [0.2, 0.25) is 10.0 Å². The lowest BCUT2D eigenvalue weighted by molar-refractivity contribution is -0.186. The lowest BCUT2D eigenvalue weighted by atomic mass is 9.84. The van der Waals surface area contributed by atoms with Crippen LogP contribution in [0.4, 0.5) is 0 Å². The highest BCUT2D eigenvalue weighted by molar-refractivity contribution is 6.35. The van der Waals surface area contributed by atoms with Gasteiger partial charge in [-0.25, -0.2) is 4.79 Å². The molecule has 0 unspecified atom stereocenters. The summed E-state index contributed by atoms with van der Waals surface area (Å²) in [6.45, 7) is 3.84. The van der Waals surface area contributed by atoms with E-state index in [2.05, 4.69) is 0 Å². The molecule has 1 saturated carbocycles. The van der Waals surface area contributed by atoms with Gasteiger partial charge >= 0.3 is 11.9 Å². The molecule has 1 aromatic rings. The molecule has 0 aromatic heterocycles. The van der Waals surface area contributed by atoms with E-state index >= 15 is 0 Å². The minimum absolute atomic E-state index is 0.00297. The van der Waals surface area contributed by atoms with Crippen LogP contribution in [-0.4, -0.2) is 24.1 Å². The first-order valence-corrected chi connectivity index (χ1v) is 8.97. The molecule has 2 rings (SSSR count). The van der Waals surface area contributed by atoms with Crippen molar-refractivity contribution >= 4 is 35.1 Å². The Morgan fingerprint density at radius 2 is 1.83 bits per heavy atom. The number of rotatable bonds is 5. The molecule has 0 spiro atoms. The fourth-order valence-corrected chi connectivity index (χ4v) is 3.75. The van der Waals surface area contributed by atoms with E-state index in [1.165, 1.54) is 0 Å². The van der Waals surface area contributed by atoms with Crippen molar-refractivity contribution in [1.29, 1.82) is 0 Å². The normalized spacial score (nSPS) is 16.5. The first kappa shape index (κ1) is 19.1. The van der Waals surface area contributed by atoms with Crippen molar-refractivity contribution < 1.29 is 19.1 Å². The average Bonchev–Trinajstić information content (AvgIpc) is 2.52. The van der Waals surface area contributed by atoms with E-state index in [0.29, 0.717) is 28.5 Å². The van der Waals surface area contributed by atoms with Crippen LogP contribution in [0, 0.1) is 6.92 Å². The second-order valence-electron chi connectivity index (χ2n) is 6.11. The topological polar surface area (TPSA) is 52.6 Å². The van der Waals surface area contributed by atoms with Crippen molar-refractivity contribution in [3.05, 3.63) is 33.3 Å². The summed E-state index contributed by atoms with van der Waals surface area (Å²) in [6, 6.07) is 3.35. The number of aryl methyl sites for hydroxylation is 1. The molecule has 4 nitrogen and oxygen atoms in total. The lowest BCUT2D eigenvalue weighted by Crippen LogP contribution is -2.46. The summed E-state index contributed by atoms with van der Waals surface area (Å²) in [5.74, 6) is -0.922. The molecule has 0 radical (unpaired) electrons. The maximum atomic E-state index is 12.5. The highest BCUT2D eigenvalue weighted by Gasteiger charge is 2.44. The van der Waals surface area contributed by atoms with E-state index < -0.39 is 17.5 Å². The van der Waals surface area contributed by atoms with Gasteiger partial charge in [0.05, 0.1) is 13.0 Å². The van der Waals surface area contributed by atoms with Crippen LogP contribution in [0.3, 0.4) is 0 Å². The van der Waals surface area contributed by atoms with Gasteiger partial charge in [0.1, 0.15) is 0 Å². The summed E-state index contributed by atoms with van der Waals surface area (Å²) < 4.78 is 10.8. The van der Waals surface area contributed by atoms with Crippen molar-refractivity contribution in [2.24, 2.45) is 0 Å². The summed E-state index contributed by atoms with van der Waals surface area (Å²) in [4.78, 5) is 24.8. The lowest BCUT2D eigenvalue weighted by Gasteiger charge is -2.34. The van der Waals surface area contributed by atoms with E-state index in [0.717, 1.165) is 24.8 Å². The minimum atomic E-state index is -1.15. The van der Waals surface area contributed by atoms with Gasteiger partial charge in [-0.3, -0.25) is 4.79 Å². The zero-order chi connectivity index (χ0) is 17.7. The standard InChI is InChI=1S/C18H22Cl2O4/c1-3-23-17(22)18(7-5-4-6-8-18)24-16(21)11-14-12(2)9-13(19)10-15(14)20/h9-10H,3-8,11H2,1-2H3. The molecule has 0 amide bonds. The molecule has 24 heavy (non-hydrogen) atoms. The Bertz CT molecular complexity index is 598. The molecule has 6 heteroatoms. The van der Waals surface area contributed by atoms with Crippen molar-refractivity contribution in [2.45, 2.75) is 58.0 Å². The SMILES string of the molecule is CCOC(=O)C1(OC(=O)Cc2c(C)cc(Cl)cc2Cl)CCCCC1. The maximum Gasteiger partial charge on any atom is 0.350 e.